The zero-order valence-electron chi connectivity index (χ0n) is 13.6. The number of aliphatic hydroxyl groups is 1. The average molecular weight is 305 g/mol. The molecule has 0 spiro atoms. The molecular formula is C15H31NO3S. The molecule has 2 unspecified atom stereocenters. The minimum absolute atomic E-state index is 0.164. The first-order chi connectivity index (χ1) is 9.35. The van der Waals surface area contributed by atoms with E-state index in [0.717, 1.165) is 24.3 Å². The Hall–Kier alpha value is -0.260. The average Bonchev–Trinajstić information content (AvgIpc) is 2.37. The summed E-state index contributed by atoms with van der Waals surface area (Å²) in [6.45, 7) is 10.5. The second-order valence-electron chi connectivity index (χ2n) is 5.82. The maximum Gasteiger partial charge on any atom is 0.326 e. The second kappa shape index (κ2) is 10.5. The molecule has 0 saturated carbocycles. The number of thioether (sulfide) groups is 1. The lowest BCUT2D eigenvalue weighted by atomic mass is 9.95. The first kappa shape index (κ1) is 19.7. The van der Waals surface area contributed by atoms with Crippen molar-refractivity contribution >= 4 is 17.7 Å². The third-order valence-electron chi connectivity index (χ3n) is 3.01. The molecule has 0 aromatic heterocycles. The van der Waals surface area contributed by atoms with E-state index in [2.05, 4.69) is 5.32 Å². The molecule has 0 rings (SSSR count). The molecule has 0 aromatic rings. The number of esters is 1. The Morgan fingerprint density at radius 2 is 2.05 bits per heavy atom. The predicted molar refractivity (Wildman–Crippen MR) is 86.1 cm³/mol. The summed E-state index contributed by atoms with van der Waals surface area (Å²) < 4.78 is 5.18. The fourth-order valence-corrected chi connectivity index (χ4v) is 3.05. The van der Waals surface area contributed by atoms with E-state index in [0.29, 0.717) is 12.5 Å². The summed E-state index contributed by atoms with van der Waals surface area (Å²) in [6.07, 6.45) is 1.72. The van der Waals surface area contributed by atoms with Gasteiger partial charge in [-0.3, -0.25) is 10.1 Å². The minimum atomic E-state index is -0.604. The number of hydrogen-bond acceptors (Lipinski definition) is 5. The molecule has 0 aromatic carbocycles. The van der Waals surface area contributed by atoms with Gasteiger partial charge in [0.25, 0.3) is 0 Å². The summed E-state index contributed by atoms with van der Waals surface area (Å²) in [5.74, 6) is 2.14. The van der Waals surface area contributed by atoms with Gasteiger partial charge in [-0.25, -0.2) is 0 Å². The standard InChI is InChI=1S/C15H31NO3S/c1-6-19-14(18)15(5,16-12(2)3)8-7-9-20-11-13(4)10-17/h12-13,16-17H,6-11H2,1-5H3. The van der Waals surface area contributed by atoms with Gasteiger partial charge in [0.15, 0.2) is 0 Å². The van der Waals surface area contributed by atoms with Gasteiger partial charge >= 0.3 is 5.97 Å². The van der Waals surface area contributed by atoms with Gasteiger partial charge in [-0.05, 0) is 58.0 Å². The van der Waals surface area contributed by atoms with E-state index < -0.39 is 5.54 Å². The van der Waals surface area contributed by atoms with Gasteiger partial charge in [-0.2, -0.15) is 11.8 Å². The van der Waals surface area contributed by atoms with E-state index >= 15 is 0 Å². The van der Waals surface area contributed by atoms with Crippen molar-refractivity contribution in [2.75, 3.05) is 24.7 Å². The zero-order valence-corrected chi connectivity index (χ0v) is 14.4. The van der Waals surface area contributed by atoms with Crippen molar-refractivity contribution < 1.29 is 14.6 Å². The van der Waals surface area contributed by atoms with Crippen molar-refractivity contribution in [1.82, 2.24) is 5.32 Å². The van der Waals surface area contributed by atoms with E-state index in [1.165, 1.54) is 0 Å². The number of hydrogen-bond donors (Lipinski definition) is 2. The molecule has 2 atom stereocenters. The van der Waals surface area contributed by atoms with Gasteiger partial charge in [0.1, 0.15) is 5.54 Å². The van der Waals surface area contributed by atoms with Crippen LogP contribution < -0.4 is 5.32 Å². The highest BCUT2D eigenvalue weighted by Crippen LogP contribution is 2.19. The molecule has 120 valence electrons. The van der Waals surface area contributed by atoms with E-state index in [-0.39, 0.29) is 18.6 Å². The van der Waals surface area contributed by atoms with Gasteiger partial charge in [0, 0.05) is 12.6 Å². The van der Waals surface area contributed by atoms with Crippen molar-refractivity contribution in [3.05, 3.63) is 0 Å². The van der Waals surface area contributed by atoms with E-state index in [1.807, 2.05) is 46.4 Å². The van der Waals surface area contributed by atoms with Crippen LogP contribution in [0.1, 0.15) is 47.5 Å². The molecular weight excluding hydrogens is 274 g/mol. The van der Waals surface area contributed by atoms with Gasteiger partial charge in [0.2, 0.25) is 0 Å². The summed E-state index contributed by atoms with van der Waals surface area (Å²) in [5, 5.41) is 12.3. The smallest absolute Gasteiger partial charge is 0.326 e. The van der Waals surface area contributed by atoms with Gasteiger partial charge < -0.3 is 9.84 Å². The Morgan fingerprint density at radius 1 is 1.40 bits per heavy atom. The number of ether oxygens (including phenoxy) is 1. The lowest BCUT2D eigenvalue weighted by Crippen LogP contribution is -2.53. The number of carbonyl (C=O) groups excluding carboxylic acids is 1. The molecule has 0 radical (unpaired) electrons. The van der Waals surface area contributed by atoms with Crippen LogP contribution in [-0.4, -0.2) is 47.4 Å². The monoisotopic (exact) mass is 305 g/mol. The molecule has 0 amide bonds. The molecule has 0 heterocycles. The van der Waals surface area contributed by atoms with E-state index in [4.69, 9.17) is 9.84 Å². The van der Waals surface area contributed by atoms with Crippen LogP contribution in [0, 0.1) is 5.92 Å². The molecule has 20 heavy (non-hydrogen) atoms. The van der Waals surface area contributed by atoms with Crippen molar-refractivity contribution in [3.63, 3.8) is 0 Å². The van der Waals surface area contributed by atoms with Crippen LogP contribution >= 0.6 is 11.8 Å². The SMILES string of the molecule is CCOC(=O)C(C)(CCCSCC(C)CO)NC(C)C. The fraction of sp³-hybridized carbons (Fsp3) is 0.933. The van der Waals surface area contributed by atoms with Crippen molar-refractivity contribution in [2.24, 2.45) is 5.92 Å². The quantitative estimate of drug-likeness (QED) is 0.453. The molecule has 0 aliphatic carbocycles. The summed E-state index contributed by atoms with van der Waals surface area (Å²) in [5.41, 5.74) is -0.604. The highest BCUT2D eigenvalue weighted by atomic mass is 32.2. The minimum Gasteiger partial charge on any atom is -0.465 e. The summed E-state index contributed by atoms with van der Waals surface area (Å²) >= 11 is 1.83. The molecule has 5 heteroatoms. The van der Waals surface area contributed by atoms with Crippen LogP contribution in [0.3, 0.4) is 0 Å². The van der Waals surface area contributed by atoms with Gasteiger partial charge in [0.05, 0.1) is 6.61 Å². The van der Waals surface area contributed by atoms with Crippen LogP contribution in [0.4, 0.5) is 0 Å². The normalized spacial score (nSPS) is 15.9. The first-order valence-electron chi connectivity index (χ1n) is 7.49. The van der Waals surface area contributed by atoms with E-state index in [9.17, 15) is 4.79 Å². The van der Waals surface area contributed by atoms with E-state index in [1.54, 1.807) is 0 Å². The molecule has 0 aliphatic heterocycles. The lowest BCUT2D eigenvalue weighted by Gasteiger charge is -2.30. The maximum absolute atomic E-state index is 12.1. The lowest BCUT2D eigenvalue weighted by molar-refractivity contribution is -0.151. The fourth-order valence-electron chi connectivity index (χ4n) is 2.03. The van der Waals surface area contributed by atoms with Crippen LogP contribution in [-0.2, 0) is 9.53 Å². The third kappa shape index (κ3) is 8.12. The summed E-state index contributed by atoms with van der Waals surface area (Å²) in [7, 11) is 0. The molecule has 0 aliphatic rings. The largest absolute Gasteiger partial charge is 0.465 e. The highest BCUT2D eigenvalue weighted by Gasteiger charge is 2.34. The van der Waals surface area contributed by atoms with Crippen LogP contribution in [0.15, 0.2) is 0 Å². The Kier molecular flexibility index (Phi) is 10.3. The van der Waals surface area contributed by atoms with Crippen LogP contribution in [0.2, 0.25) is 0 Å². The van der Waals surface area contributed by atoms with Crippen LogP contribution in [0.5, 0.6) is 0 Å². The molecule has 0 saturated heterocycles. The Labute approximate surface area is 128 Å². The van der Waals surface area contributed by atoms with Crippen LogP contribution in [0.25, 0.3) is 0 Å². The van der Waals surface area contributed by atoms with Crippen molar-refractivity contribution in [1.29, 1.82) is 0 Å². The first-order valence-corrected chi connectivity index (χ1v) is 8.64. The Bertz CT molecular complexity index is 274. The number of carbonyl (C=O) groups is 1. The Balaban J connectivity index is 4.20. The molecule has 0 fully saturated rings. The topological polar surface area (TPSA) is 58.6 Å². The highest BCUT2D eigenvalue weighted by molar-refractivity contribution is 7.99. The molecule has 0 bridgehead atoms. The van der Waals surface area contributed by atoms with Crippen molar-refractivity contribution in [3.8, 4) is 0 Å². The zero-order chi connectivity index (χ0) is 15.6. The third-order valence-corrected chi connectivity index (χ3v) is 4.39. The summed E-state index contributed by atoms with van der Waals surface area (Å²) in [4.78, 5) is 12.1. The number of aliphatic hydroxyl groups excluding tert-OH is 1. The van der Waals surface area contributed by atoms with Gasteiger partial charge in [-0.1, -0.05) is 6.92 Å². The number of rotatable bonds is 11. The number of nitrogens with one attached hydrogen (secondary N) is 1. The summed E-state index contributed by atoms with van der Waals surface area (Å²) in [6, 6.07) is 0.242. The second-order valence-corrected chi connectivity index (χ2v) is 6.97. The Morgan fingerprint density at radius 3 is 2.55 bits per heavy atom. The van der Waals surface area contributed by atoms with Crippen molar-refractivity contribution in [2.45, 2.75) is 59.0 Å². The molecule has 4 nitrogen and oxygen atoms in total. The maximum atomic E-state index is 12.1. The van der Waals surface area contributed by atoms with Gasteiger partial charge in [-0.15, -0.1) is 0 Å². The molecule has 2 N–H and O–H groups in total. The predicted octanol–water partition coefficient (Wildman–Crippen LogP) is 2.45.